The van der Waals surface area contributed by atoms with Gasteiger partial charge < -0.3 is 0 Å². The van der Waals surface area contributed by atoms with E-state index < -0.39 is 0 Å². The molecule has 0 saturated carbocycles. The fourth-order valence-electron chi connectivity index (χ4n) is 0.723. The van der Waals surface area contributed by atoms with Crippen LogP contribution in [0.4, 0.5) is 0 Å². The van der Waals surface area contributed by atoms with Crippen LogP contribution in [0, 0.1) is 0 Å². The average Bonchev–Trinajstić information content (AvgIpc) is 1.90. The molecule has 0 unspecified atom stereocenters. The van der Waals surface area contributed by atoms with Gasteiger partial charge in [0, 0.05) is 0 Å². The van der Waals surface area contributed by atoms with Crippen LogP contribution in [0.2, 0.25) is 0 Å². The molecule has 1 heteroatoms. The number of benzene rings is 1. The van der Waals surface area contributed by atoms with Gasteiger partial charge in [-0.2, -0.15) is 0 Å². The number of halogens is 1. The lowest BCUT2D eigenvalue weighted by Gasteiger charge is -1.94. The number of allylic oxidation sites excluding steroid dienone is 1. The van der Waals surface area contributed by atoms with Gasteiger partial charge in [0.25, 0.3) is 0 Å². The van der Waals surface area contributed by atoms with Crippen LogP contribution in [0.15, 0.2) is 36.9 Å². The van der Waals surface area contributed by atoms with Crippen LogP contribution in [-0.2, 0) is 0 Å². The van der Waals surface area contributed by atoms with Gasteiger partial charge in [0.05, 0.1) is 0 Å². The fraction of sp³-hybridized carbons (Fsp3) is 0.111. The molecule has 0 nitrogen and oxygen atoms in total. The summed E-state index contributed by atoms with van der Waals surface area (Å²) < 4.78 is 0. The van der Waals surface area contributed by atoms with Crippen molar-refractivity contribution in [1.82, 2.24) is 0 Å². The second kappa shape index (κ2) is 4.13. The molecule has 0 aromatic heterocycles. The average molecular weight is 155 g/mol. The van der Waals surface area contributed by atoms with Gasteiger partial charge in [-0.15, -0.1) is 12.4 Å². The second-order valence-electron chi connectivity index (χ2n) is 2.15. The van der Waals surface area contributed by atoms with Crippen LogP contribution in [0.25, 0.3) is 5.57 Å². The van der Waals surface area contributed by atoms with Gasteiger partial charge in [-0.3, -0.25) is 0 Å². The first-order chi connectivity index (χ1) is 4.30. The zero-order valence-electron chi connectivity index (χ0n) is 6.00. The van der Waals surface area contributed by atoms with Crippen molar-refractivity contribution in [3.63, 3.8) is 0 Å². The minimum Gasteiger partial charge on any atom is -0.147 e. The number of hydrogen-bond acceptors (Lipinski definition) is 0. The third-order valence-electron chi connectivity index (χ3n) is 1.27. The number of hydrogen-bond donors (Lipinski definition) is 0. The largest absolute Gasteiger partial charge is 0.147 e. The summed E-state index contributed by atoms with van der Waals surface area (Å²) in [6.45, 7) is 5.83. The van der Waals surface area contributed by atoms with E-state index in [0.29, 0.717) is 0 Å². The minimum absolute atomic E-state index is 0. The Kier molecular flexibility index (Phi) is 3.82. The molecule has 0 bridgehead atoms. The van der Waals surface area contributed by atoms with Crippen LogP contribution in [0.5, 0.6) is 0 Å². The molecule has 0 N–H and O–H groups in total. The Balaban J connectivity index is 0.000000810. The Hall–Kier alpha value is -0.750. The third kappa shape index (κ3) is 2.24. The highest BCUT2D eigenvalue weighted by molar-refractivity contribution is 5.85. The first-order valence-corrected chi connectivity index (χ1v) is 3.01. The zero-order chi connectivity index (χ0) is 6.69. The molecular weight excluding hydrogens is 144 g/mol. The highest BCUT2D eigenvalue weighted by Crippen LogP contribution is 2.08. The van der Waals surface area contributed by atoms with Crippen LogP contribution in [0.3, 0.4) is 0 Å². The molecule has 0 fully saturated rings. The Labute approximate surface area is 68.0 Å². The molecule has 0 aliphatic heterocycles. The monoisotopic (exact) mass is 154 g/mol. The Morgan fingerprint density at radius 3 is 2.00 bits per heavy atom. The molecule has 1 rings (SSSR count). The van der Waals surface area contributed by atoms with Gasteiger partial charge in [-0.25, -0.2) is 0 Å². The van der Waals surface area contributed by atoms with Gasteiger partial charge >= 0.3 is 0 Å². The molecule has 54 valence electrons. The molecule has 0 aliphatic carbocycles. The van der Waals surface area contributed by atoms with Crippen molar-refractivity contribution in [2.45, 2.75) is 6.92 Å². The molecule has 0 saturated heterocycles. The molecule has 1 aromatic rings. The molecule has 0 radical (unpaired) electrons. The molecular formula is C9H11Cl. The first kappa shape index (κ1) is 9.25. The lowest BCUT2D eigenvalue weighted by molar-refractivity contribution is 1.58. The molecule has 1 aromatic carbocycles. The van der Waals surface area contributed by atoms with Gasteiger partial charge in [-0.1, -0.05) is 42.5 Å². The van der Waals surface area contributed by atoms with E-state index in [1.54, 1.807) is 0 Å². The third-order valence-corrected chi connectivity index (χ3v) is 1.27. The lowest BCUT2D eigenvalue weighted by atomic mass is 10.1. The van der Waals surface area contributed by atoms with Crippen molar-refractivity contribution >= 4 is 18.0 Å². The lowest BCUT2D eigenvalue weighted by Crippen LogP contribution is -1.72. The van der Waals surface area contributed by atoms with Crippen molar-refractivity contribution in [3.05, 3.63) is 42.5 Å². The van der Waals surface area contributed by atoms with Crippen molar-refractivity contribution in [2.75, 3.05) is 0 Å². The van der Waals surface area contributed by atoms with Gasteiger partial charge in [0.2, 0.25) is 0 Å². The smallest absolute Gasteiger partial charge is 0.0233 e. The topological polar surface area (TPSA) is 0 Å². The molecule has 0 amide bonds. The summed E-state index contributed by atoms with van der Waals surface area (Å²) in [5, 5.41) is 0. The molecule has 10 heavy (non-hydrogen) atoms. The highest BCUT2D eigenvalue weighted by Gasteiger charge is 1.86. The van der Waals surface area contributed by atoms with E-state index in [9.17, 15) is 0 Å². The summed E-state index contributed by atoms with van der Waals surface area (Å²) in [6, 6.07) is 10.2. The van der Waals surface area contributed by atoms with Crippen molar-refractivity contribution in [1.29, 1.82) is 0 Å². The summed E-state index contributed by atoms with van der Waals surface area (Å²) in [4.78, 5) is 0. The summed E-state index contributed by atoms with van der Waals surface area (Å²) in [7, 11) is 0. The van der Waals surface area contributed by atoms with E-state index in [-0.39, 0.29) is 12.4 Å². The quantitative estimate of drug-likeness (QED) is 0.583. The molecule has 0 aliphatic rings. The van der Waals surface area contributed by atoms with E-state index in [4.69, 9.17) is 0 Å². The SMILES string of the molecule is C=C(C)c1ccccc1.Cl. The maximum Gasteiger partial charge on any atom is -0.0233 e. The van der Waals surface area contributed by atoms with E-state index in [1.807, 2.05) is 25.1 Å². The maximum absolute atomic E-state index is 3.83. The summed E-state index contributed by atoms with van der Waals surface area (Å²) in [6.07, 6.45) is 0. The van der Waals surface area contributed by atoms with Crippen LogP contribution in [0.1, 0.15) is 12.5 Å². The normalized spacial score (nSPS) is 8.10. The summed E-state index contributed by atoms with van der Waals surface area (Å²) in [5.41, 5.74) is 2.34. The van der Waals surface area contributed by atoms with Crippen molar-refractivity contribution in [3.8, 4) is 0 Å². The number of rotatable bonds is 1. The Morgan fingerprint density at radius 2 is 1.70 bits per heavy atom. The molecule has 0 heterocycles. The van der Waals surface area contributed by atoms with E-state index in [2.05, 4.69) is 18.7 Å². The molecule has 0 atom stereocenters. The second-order valence-corrected chi connectivity index (χ2v) is 2.15. The van der Waals surface area contributed by atoms with Crippen molar-refractivity contribution in [2.24, 2.45) is 0 Å². The van der Waals surface area contributed by atoms with E-state index >= 15 is 0 Å². The summed E-state index contributed by atoms with van der Waals surface area (Å²) >= 11 is 0. The fourth-order valence-corrected chi connectivity index (χ4v) is 0.723. The first-order valence-electron chi connectivity index (χ1n) is 3.01. The van der Waals surface area contributed by atoms with Crippen molar-refractivity contribution < 1.29 is 0 Å². The highest BCUT2D eigenvalue weighted by atomic mass is 35.5. The summed E-state index contributed by atoms with van der Waals surface area (Å²) in [5.74, 6) is 0. The Bertz CT molecular complexity index is 201. The van der Waals surface area contributed by atoms with Crippen LogP contribution in [-0.4, -0.2) is 0 Å². The van der Waals surface area contributed by atoms with Crippen LogP contribution < -0.4 is 0 Å². The van der Waals surface area contributed by atoms with Gasteiger partial charge in [0.1, 0.15) is 0 Å². The van der Waals surface area contributed by atoms with Crippen LogP contribution >= 0.6 is 12.4 Å². The maximum atomic E-state index is 3.83. The predicted molar refractivity (Wildman–Crippen MR) is 48.4 cm³/mol. The molecule has 0 spiro atoms. The van der Waals surface area contributed by atoms with Gasteiger partial charge in [0.15, 0.2) is 0 Å². The van der Waals surface area contributed by atoms with E-state index in [0.717, 1.165) is 5.57 Å². The zero-order valence-corrected chi connectivity index (χ0v) is 6.82. The van der Waals surface area contributed by atoms with E-state index in [1.165, 1.54) is 5.56 Å². The standard InChI is InChI=1S/C9H10.ClH/c1-8(2)9-6-4-3-5-7-9;/h3-7H,1H2,2H3;1H. The Morgan fingerprint density at radius 1 is 1.20 bits per heavy atom. The predicted octanol–water partition coefficient (Wildman–Crippen LogP) is 3.14. The van der Waals surface area contributed by atoms with Gasteiger partial charge in [-0.05, 0) is 12.5 Å². The minimum atomic E-state index is 0.